The van der Waals surface area contributed by atoms with Crippen LogP contribution in [-0.4, -0.2) is 69.8 Å². The van der Waals surface area contributed by atoms with E-state index in [2.05, 4.69) is 11.8 Å². The lowest BCUT2D eigenvalue weighted by molar-refractivity contribution is -0.134. The van der Waals surface area contributed by atoms with Gasteiger partial charge in [0.2, 0.25) is 0 Å². The van der Waals surface area contributed by atoms with Gasteiger partial charge in [0.15, 0.2) is 0 Å². The lowest BCUT2D eigenvalue weighted by atomic mass is 10.1. The molecule has 0 saturated carbocycles. The van der Waals surface area contributed by atoms with E-state index in [1.54, 1.807) is 4.90 Å². The molecule has 2 atom stereocenters. The minimum absolute atomic E-state index is 0.0706. The molecule has 2 aromatic rings. The van der Waals surface area contributed by atoms with E-state index < -0.39 is 18.0 Å². The number of anilines is 1. The first-order chi connectivity index (χ1) is 14.8. The number of carbonyl (C=O) groups excluding carboxylic acids is 1. The number of aliphatic hydroxyl groups excluding tert-OH is 1. The highest BCUT2D eigenvalue weighted by molar-refractivity contribution is 6.06. The summed E-state index contributed by atoms with van der Waals surface area (Å²) < 4.78 is 0. The molecule has 1 heterocycles. The standard InChI is InChI=1S/C19H22N2O2.C4H4O4/c1-2-20-13-17(18(22)14-20)21(16-11-7-4-8-12-16)19(23)15-9-5-3-6-10-15;5-3(6)1-2-4(7)8/h3-12,17-18,22H,2,13-14H2,1H3;1-2H,(H,5,6)(H,7,8)/t17-,18-;/m1./s1. The molecular weight excluding hydrogens is 400 g/mol. The monoisotopic (exact) mass is 426 g/mol. The van der Waals surface area contributed by atoms with Gasteiger partial charge in [-0.05, 0) is 30.8 Å². The van der Waals surface area contributed by atoms with Gasteiger partial charge in [-0.1, -0.05) is 43.3 Å². The number of carboxylic acids is 2. The molecule has 0 unspecified atom stereocenters. The number of carbonyl (C=O) groups is 3. The molecule has 0 radical (unpaired) electrons. The fraction of sp³-hybridized carbons (Fsp3) is 0.261. The van der Waals surface area contributed by atoms with Crippen molar-refractivity contribution in [3.05, 3.63) is 78.4 Å². The zero-order valence-electron chi connectivity index (χ0n) is 17.2. The van der Waals surface area contributed by atoms with Crippen molar-refractivity contribution in [2.75, 3.05) is 24.5 Å². The average molecular weight is 426 g/mol. The van der Waals surface area contributed by atoms with Crippen molar-refractivity contribution >= 4 is 23.5 Å². The number of aliphatic hydroxyl groups is 1. The van der Waals surface area contributed by atoms with Gasteiger partial charge in [-0.3, -0.25) is 9.69 Å². The maximum Gasteiger partial charge on any atom is 0.328 e. The van der Waals surface area contributed by atoms with E-state index in [4.69, 9.17) is 10.2 Å². The molecule has 0 bridgehead atoms. The van der Waals surface area contributed by atoms with Gasteiger partial charge in [0.05, 0.1) is 12.1 Å². The van der Waals surface area contributed by atoms with E-state index in [1.807, 2.05) is 60.7 Å². The fourth-order valence-corrected chi connectivity index (χ4v) is 3.27. The first kappa shape index (κ1) is 23.8. The topological polar surface area (TPSA) is 118 Å². The van der Waals surface area contributed by atoms with E-state index >= 15 is 0 Å². The van der Waals surface area contributed by atoms with Gasteiger partial charge >= 0.3 is 11.9 Å². The molecule has 0 aliphatic carbocycles. The third-order valence-electron chi connectivity index (χ3n) is 4.76. The van der Waals surface area contributed by atoms with Crippen molar-refractivity contribution in [2.45, 2.75) is 19.1 Å². The second-order valence-electron chi connectivity index (χ2n) is 6.87. The van der Waals surface area contributed by atoms with Crippen LogP contribution in [0.25, 0.3) is 0 Å². The molecular formula is C23H26N2O6. The Bertz CT molecular complexity index is 885. The van der Waals surface area contributed by atoms with Gasteiger partial charge in [0.1, 0.15) is 0 Å². The number of nitrogens with zero attached hydrogens (tertiary/aromatic N) is 2. The van der Waals surface area contributed by atoms with Gasteiger partial charge in [-0.2, -0.15) is 0 Å². The molecule has 0 spiro atoms. The zero-order valence-corrected chi connectivity index (χ0v) is 17.2. The second-order valence-corrected chi connectivity index (χ2v) is 6.87. The highest BCUT2D eigenvalue weighted by atomic mass is 16.4. The lowest BCUT2D eigenvalue weighted by Crippen LogP contribution is -2.47. The fourth-order valence-electron chi connectivity index (χ4n) is 3.27. The Morgan fingerprint density at radius 2 is 1.45 bits per heavy atom. The van der Waals surface area contributed by atoms with Crippen molar-refractivity contribution in [1.82, 2.24) is 4.90 Å². The number of β-amino-alcohol motifs (C(OH)–C–C–N with tert-alkyl or cyclic N) is 1. The van der Waals surface area contributed by atoms with Crippen molar-refractivity contribution in [3.63, 3.8) is 0 Å². The van der Waals surface area contributed by atoms with Gasteiger partial charge in [-0.25, -0.2) is 9.59 Å². The maximum absolute atomic E-state index is 13.1. The van der Waals surface area contributed by atoms with E-state index in [1.165, 1.54) is 0 Å². The Morgan fingerprint density at radius 1 is 0.935 bits per heavy atom. The van der Waals surface area contributed by atoms with Crippen LogP contribution in [0.2, 0.25) is 0 Å². The number of likely N-dealkylation sites (tertiary alicyclic amines) is 1. The summed E-state index contributed by atoms with van der Waals surface area (Å²) in [5.74, 6) is -2.58. The number of carboxylic acid groups (broad SMARTS) is 2. The van der Waals surface area contributed by atoms with E-state index in [-0.39, 0.29) is 11.9 Å². The molecule has 3 N–H and O–H groups in total. The molecule has 1 fully saturated rings. The molecule has 1 aliphatic rings. The number of para-hydroxylation sites is 1. The molecule has 1 aliphatic heterocycles. The van der Waals surface area contributed by atoms with Crippen LogP contribution in [0.15, 0.2) is 72.8 Å². The summed E-state index contributed by atoms with van der Waals surface area (Å²) in [5, 5.41) is 26.1. The number of benzene rings is 2. The highest BCUT2D eigenvalue weighted by Gasteiger charge is 2.38. The molecule has 8 heteroatoms. The molecule has 2 aromatic carbocycles. The molecule has 1 saturated heterocycles. The van der Waals surface area contributed by atoms with Gasteiger partial charge < -0.3 is 20.2 Å². The number of amides is 1. The molecule has 31 heavy (non-hydrogen) atoms. The smallest absolute Gasteiger partial charge is 0.328 e. The van der Waals surface area contributed by atoms with Crippen LogP contribution >= 0.6 is 0 Å². The molecule has 8 nitrogen and oxygen atoms in total. The Morgan fingerprint density at radius 3 is 1.90 bits per heavy atom. The first-order valence-corrected chi connectivity index (χ1v) is 9.81. The summed E-state index contributed by atoms with van der Waals surface area (Å²) in [7, 11) is 0. The predicted octanol–water partition coefficient (Wildman–Crippen LogP) is 2.11. The van der Waals surface area contributed by atoms with Gasteiger partial charge in [0.25, 0.3) is 5.91 Å². The Hall–Kier alpha value is -3.49. The number of hydrogen-bond donors (Lipinski definition) is 3. The van der Waals surface area contributed by atoms with Crippen molar-refractivity contribution in [2.24, 2.45) is 0 Å². The Balaban J connectivity index is 0.000000366. The van der Waals surface area contributed by atoms with Crippen LogP contribution in [0.1, 0.15) is 17.3 Å². The second kappa shape index (κ2) is 11.6. The summed E-state index contributed by atoms with van der Waals surface area (Å²) in [6.45, 7) is 4.23. The number of aliphatic carboxylic acids is 2. The summed E-state index contributed by atoms with van der Waals surface area (Å²) in [6.07, 6.45) is 0.577. The molecule has 1 amide bonds. The number of hydrogen-bond acceptors (Lipinski definition) is 5. The van der Waals surface area contributed by atoms with Gasteiger partial charge in [0, 0.05) is 36.5 Å². The summed E-state index contributed by atoms with van der Waals surface area (Å²) in [4.78, 5) is 36.1. The van der Waals surface area contributed by atoms with E-state index in [9.17, 15) is 19.5 Å². The van der Waals surface area contributed by atoms with Crippen LogP contribution in [0.4, 0.5) is 5.69 Å². The lowest BCUT2D eigenvalue weighted by Gasteiger charge is -2.31. The molecule has 0 aromatic heterocycles. The quantitative estimate of drug-likeness (QED) is 0.606. The minimum atomic E-state index is -1.26. The average Bonchev–Trinajstić information content (AvgIpc) is 3.14. The van der Waals surface area contributed by atoms with Crippen LogP contribution in [-0.2, 0) is 9.59 Å². The third-order valence-corrected chi connectivity index (χ3v) is 4.76. The Labute approximate surface area is 180 Å². The maximum atomic E-state index is 13.1. The molecule has 3 rings (SSSR count). The van der Waals surface area contributed by atoms with Crippen LogP contribution in [0, 0.1) is 0 Å². The van der Waals surface area contributed by atoms with Crippen LogP contribution in [0.3, 0.4) is 0 Å². The predicted molar refractivity (Wildman–Crippen MR) is 116 cm³/mol. The minimum Gasteiger partial charge on any atom is -0.478 e. The van der Waals surface area contributed by atoms with Gasteiger partial charge in [-0.15, -0.1) is 0 Å². The first-order valence-electron chi connectivity index (χ1n) is 9.81. The summed E-state index contributed by atoms with van der Waals surface area (Å²) >= 11 is 0. The number of rotatable bonds is 6. The summed E-state index contributed by atoms with van der Waals surface area (Å²) in [5.41, 5.74) is 1.46. The van der Waals surface area contributed by atoms with E-state index in [0.29, 0.717) is 30.8 Å². The van der Waals surface area contributed by atoms with Crippen LogP contribution < -0.4 is 4.90 Å². The van der Waals surface area contributed by atoms with Crippen molar-refractivity contribution < 1.29 is 29.7 Å². The van der Waals surface area contributed by atoms with Crippen molar-refractivity contribution in [1.29, 1.82) is 0 Å². The Kier molecular flexibility index (Phi) is 8.93. The highest BCUT2D eigenvalue weighted by Crippen LogP contribution is 2.25. The largest absolute Gasteiger partial charge is 0.478 e. The van der Waals surface area contributed by atoms with E-state index in [0.717, 1.165) is 12.2 Å². The summed E-state index contributed by atoms with van der Waals surface area (Å²) in [6, 6.07) is 18.6. The normalized spacial score (nSPS) is 18.3. The molecule has 164 valence electrons. The zero-order chi connectivity index (χ0) is 22.8. The van der Waals surface area contributed by atoms with Crippen molar-refractivity contribution in [3.8, 4) is 0 Å². The third kappa shape index (κ3) is 7.06. The number of likely N-dealkylation sites (N-methyl/N-ethyl adjacent to an activating group) is 1. The van der Waals surface area contributed by atoms with Crippen LogP contribution in [0.5, 0.6) is 0 Å². The SMILES string of the molecule is CCN1C[C@@H](O)[C@H](N(C(=O)c2ccccc2)c2ccccc2)C1.O=C(O)C=CC(=O)O.